The fraction of sp³-hybridized carbons (Fsp3) is 0.174. The van der Waals surface area contributed by atoms with Crippen molar-refractivity contribution >= 4 is 27.9 Å². The number of aromatic nitrogens is 7. The second-order valence-corrected chi connectivity index (χ2v) is 8.06. The lowest BCUT2D eigenvalue weighted by Gasteiger charge is -2.11. The summed E-state index contributed by atoms with van der Waals surface area (Å²) in [5.41, 5.74) is 11.8. The Morgan fingerprint density at radius 2 is 1.84 bits per heavy atom. The molecule has 9 nitrogen and oxygen atoms in total. The zero-order chi connectivity index (χ0) is 22.5. The Morgan fingerprint density at radius 1 is 1.00 bits per heavy atom. The van der Waals surface area contributed by atoms with Gasteiger partial charge in [-0.25, -0.2) is 21.2 Å². The lowest BCUT2D eigenvalue weighted by Crippen LogP contribution is -2.13. The van der Waals surface area contributed by atoms with Gasteiger partial charge in [0.25, 0.3) is 5.54 Å². The second kappa shape index (κ2) is 7.06. The van der Waals surface area contributed by atoms with Crippen molar-refractivity contribution in [1.29, 1.82) is 0 Å². The van der Waals surface area contributed by atoms with Gasteiger partial charge in [-0.3, -0.25) is 9.97 Å². The Kier molecular flexibility index (Phi) is 4.30. The molecule has 2 N–H and O–H groups in total. The van der Waals surface area contributed by atoms with Gasteiger partial charge in [-0.15, -0.1) is 5.10 Å². The zero-order valence-electron chi connectivity index (χ0n) is 17.8. The Labute approximate surface area is 183 Å². The van der Waals surface area contributed by atoms with Crippen LogP contribution in [0.1, 0.15) is 25.1 Å². The maximum Gasteiger partial charge on any atom is 0.268 e. The molecule has 0 bridgehead atoms. The number of anilines is 1. The van der Waals surface area contributed by atoms with E-state index in [9.17, 15) is 0 Å². The van der Waals surface area contributed by atoms with Crippen LogP contribution in [-0.2, 0) is 5.54 Å². The highest BCUT2D eigenvalue weighted by atomic mass is 15.4. The maximum absolute atomic E-state index is 7.38. The fourth-order valence-electron chi connectivity index (χ4n) is 3.46. The molecule has 0 radical (unpaired) electrons. The van der Waals surface area contributed by atoms with Gasteiger partial charge in [0, 0.05) is 25.6 Å². The van der Waals surface area contributed by atoms with Gasteiger partial charge in [0.1, 0.15) is 28.1 Å². The molecule has 0 unspecified atom stereocenters. The molecule has 0 aliphatic rings. The monoisotopic (exact) mass is 421 g/mol. The molecule has 0 spiro atoms. The van der Waals surface area contributed by atoms with Crippen LogP contribution in [0, 0.1) is 13.5 Å². The standard InChI is InChI=1S/C23H19N9/c1-13-9-14(10-28-22(13)24)16-6-7-17-20(29-16)21-18(12-26-17)30-31-32(21)15-5-8-19(27-11-15)23(2,3)25-4/h5-12H,1-3H3,(H2,24,28). The molecule has 5 rings (SSSR count). The number of hydrogen-bond donors (Lipinski definition) is 1. The summed E-state index contributed by atoms with van der Waals surface area (Å²) in [4.78, 5) is 21.7. The molecule has 0 fully saturated rings. The summed E-state index contributed by atoms with van der Waals surface area (Å²) in [7, 11) is 0. The van der Waals surface area contributed by atoms with Crippen LogP contribution in [0.4, 0.5) is 5.82 Å². The zero-order valence-corrected chi connectivity index (χ0v) is 17.8. The predicted octanol–water partition coefficient (Wildman–Crippen LogP) is 3.87. The highest BCUT2D eigenvalue weighted by molar-refractivity contribution is 6.00. The molecule has 0 atom stereocenters. The summed E-state index contributed by atoms with van der Waals surface area (Å²) in [6, 6.07) is 9.50. The van der Waals surface area contributed by atoms with E-state index in [4.69, 9.17) is 17.3 Å². The second-order valence-electron chi connectivity index (χ2n) is 8.06. The molecule has 0 amide bonds. The molecule has 0 aromatic carbocycles. The number of rotatable bonds is 3. The van der Waals surface area contributed by atoms with E-state index in [2.05, 4.69) is 30.1 Å². The van der Waals surface area contributed by atoms with Crippen molar-refractivity contribution in [3.05, 3.63) is 71.6 Å². The van der Waals surface area contributed by atoms with E-state index in [-0.39, 0.29) is 0 Å². The van der Waals surface area contributed by atoms with E-state index in [0.717, 1.165) is 33.5 Å². The van der Waals surface area contributed by atoms with Crippen molar-refractivity contribution in [3.63, 3.8) is 0 Å². The Morgan fingerprint density at radius 3 is 2.56 bits per heavy atom. The first-order chi connectivity index (χ1) is 15.4. The number of nitrogens with zero attached hydrogens (tertiary/aromatic N) is 8. The van der Waals surface area contributed by atoms with Crippen molar-refractivity contribution in [3.8, 4) is 16.9 Å². The van der Waals surface area contributed by atoms with E-state index in [1.807, 2.05) is 51.1 Å². The Bertz CT molecular complexity index is 1530. The van der Waals surface area contributed by atoms with Crippen LogP contribution in [0.2, 0.25) is 0 Å². The van der Waals surface area contributed by atoms with Crippen LogP contribution < -0.4 is 5.73 Å². The van der Waals surface area contributed by atoms with Gasteiger partial charge < -0.3 is 10.6 Å². The summed E-state index contributed by atoms with van der Waals surface area (Å²) in [6.45, 7) is 13.0. The van der Waals surface area contributed by atoms with Crippen LogP contribution in [0.5, 0.6) is 0 Å². The molecule has 32 heavy (non-hydrogen) atoms. The van der Waals surface area contributed by atoms with Crippen LogP contribution in [0.25, 0.3) is 43.9 Å². The van der Waals surface area contributed by atoms with Gasteiger partial charge in [-0.05, 0) is 42.8 Å². The molecule has 5 aromatic heterocycles. The van der Waals surface area contributed by atoms with Crippen molar-refractivity contribution in [2.24, 2.45) is 0 Å². The van der Waals surface area contributed by atoms with E-state index < -0.39 is 5.54 Å². The first kappa shape index (κ1) is 19.5. The summed E-state index contributed by atoms with van der Waals surface area (Å²) in [5, 5.41) is 8.58. The minimum atomic E-state index is -0.693. The van der Waals surface area contributed by atoms with Gasteiger partial charge >= 0.3 is 0 Å². The van der Waals surface area contributed by atoms with Crippen molar-refractivity contribution < 1.29 is 0 Å². The highest BCUT2D eigenvalue weighted by Crippen LogP contribution is 2.28. The smallest absolute Gasteiger partial charge is 0.268 e. The number of pyridine rings is 4. The number of fused-ring (bicyclic) bond motifs is 3. The van der Waals surface area contributed by atoms with Gasteiger partial charge in [-0.1, -0.05) is 5.21 Å². The Hall–Kier alpha value is -4.45. The predicted molar refractivity (Wildman–Crippen MR) is 122 cm³/mol. The molecule has 0 aliphatic heterocycles. The maximum atomic E-state index is 7.38. The van der Waals surface area contributed by atoms with Gasteiger partial charge in [0.05, 0.1) is 29.3 Å². The first-order valence-electron chi connectivity index (χ1n) is 9.96. The lowest BCUT2D eigenvalue weighted by atomic mass is 10.0. The molecule has 5 heterocycles. The third-order valence-corrected chi connectivity index (χ3v) is 5.43. The average molecular weight is 421 g/mol. The summed E-state index contributed by atoms with van der Waals surface area (Å²) >= 11 is 0. The van der Waals surface area contributed by atoms with Gasteiger partial charge in [0.15, 0.2) is 0 Å². The molecule has 9 heteroatoms. The largest absolute Gasteiger partial charge is 0.383 e. The number of nitrogens with two attached hydrogens (primary N) is 1. The highest BCUT2D eigenvalue weighted by Gasteiger charge is 2.27. The minimum Gasteiger partial charge on any atom is -0.383 e. The SMILES string of the molecule is [C-]#[N+]C(C)(C)c1ccc(-n2nnc3cnc4ccc(-c5cnc(N)c(C)c5)nc4c32)cn1. The topological polar surface area (TPSA) is 113 Å². The molecular weight excluding hydrogens is 402 g/mol. The van der Waals surface area contributed by atoms with Crippen LogP contribution in [-0.4, -0.2) is 34.9 Å². The normalized spacial score (nSPS) is 11.7. The molecular formula is C23H19N9. The Balaban J connectivity index is 1.69. The molecule has 5 aromatic rings. The molecule has 0 saturated carbocycles. The van der Waals surface area contributed by atoms with Crippen molar-refractivity contribution in [2.45, 2.75) is 26.3 Å². The van der Waals surface area contributed by atoms with Gasteiger partial charge in [-0.2, -0.15) is 0 Å². The van der Waals surface area contributed by atoms with Crippen LogP contribution in [0.3, 0.4) is 0 Å². The average Bonchev–Trinajstić information content (AvgIpc) is 3.25. The first-order valence-corrected chi connectivity index (χ1v) is 9.96. The van der Waals surface area contributed by atoms with E-state index >= 15 is 0 Å². The van der Waals surface area contributed by atoms with E-state index in [0.29, 0.717) is 22.5 Å². The third-order valence-electron chi connectivity index (χ3n) is 5.43. The number of aryl methyl sites for hydroxylation is 1. The third kappa shape index (κ3) is 3.09. The molecule has 0 saturated heterocycles. The number of hydrogen-bond acceptors (Lipinski definition) is 7. The van der Waals surface area contributed by atoms with Crippen LogP contribution >= 0.6 is 0 Å². The molecule has 156 valence electrons. The quantitative estimate of drug-likeness (QED) is 0.440. The van der Waals surface area contributed by atoms with Crippen molar-refractivity contribution in [1.82, 2.24) is 34.9 Å². The van der Waals surface area contributed by atoms with Crippen LogP contribution in [0.15, 0.2) is 48.9 Å². The van der Waals surface area contributed by atoms with Crippen molar-refractivity contribution in [2.75, 3.05) is 5.73 Å². The lowest BCUT2D eigenvalue weighted by molar-refractivity contribution is 0.636. The fourth-order valence-corrected chi connectivity index (χ4v) is 3.46. The summed E-state index contributed by atoms with van der Waals surface area (Å²) in [6.07, 6.45) is 5.09. The van der Waals surface area contributed by atoms with E-state index in [1.165, 1.54) is 0 Å². The van der Waals surface area contributed by atoms with E-state index in [1.54, 1.807) is 23.3 Å². The van der Waals surface area contributed by atoms with Gasteiger partial charge in [0.2, 0.25) is 0 Å². The summed E-state index contributed by atoms with van der Waals surface area (Å²) < 4.78 is 1.70. The summed E-state index contributed by atoms with van der Waals surface area (Å²) in [5.74, 6) is 0.498. The molecule has 0 aliphatic carbocycles. The number of nitrogen functional groups attached to an aromatic ring is 1. The minimum absolute atomic E-state index is 0.498.